The molecule has 0 amide bonds. The highest BCUT2D eigenvalue weighted by Gasteiger charge is 2.86. The molecule has 0 radical (unpaired) electrons. The number of benzene rings is 2. The zero-order valence-electron chi connectivity index (χ0n) is 12.3. The van der Waals surface area contributed by atoms with Gasteiger partial charge in [0.1, 0.15) is 11.2 Å². The van der Waals surface area contributed by atoms with E-state index in [-0.39, 0.29) is 16.8 Å². The number of ketones is 1. The fourth-order valence-electron chi connectivity index (χ4n) is 4.47. The predicted molar refractivity (Wildman–Crippen MR) is 87.7 cm³/mol. The summed E-state index contributed by atoms with van der Waals surface area (Å²) in [4.78, 5) is 25.2. The lowest BCUT2D eigenvalue weighted by atomic mass is 9.79. The molecular weight excluding hydrogens is 292 g/mol. The molecule has 110 valence electrons. The number of thioether (sulfide) groups is 1. The van der Waals surface area contributed by atoms with E-state index in [0.717, 1.165) is 16.9 Å². The van der Waals surface area contributed by atoms with E-state index >= 15 is 0 Å². The molecule has 1 aliphatic heterocycles. The molecule has 3 heteroatoms. The van der Waals surface area contributed by atoms with Crippen molar-refractivity contribution in [3.8, 4) is 0 Å². The normalized spacial score (nSPS) is 28.2. The Morgan fingerprint density at radius 1 is 1.00 bits per heavy atom. The summed E-state index contributed by atoms with van der Waals surface area (Å²) in [5.74, 6) is 0.794. The van der Waals surface area contributed by atoms with Crippen LogP contribution in [0.4, 0.5) is 0 Å². The molecule has 0 aromatic heterocycles. The van der Waals surface area contributed by atoms with Gasteiger partial charge in [0.25, 0.3) is 0 Å². The van der Waals surface area contributed by atoms with Crippen LogP contribution < -0.4 is 0 Å². The summed E-state index contributed by atoms with van der Waals surface area (Å²) in [5.41, 5.74) is 0.800. The Morgan fingerprint density at radius 3 is 1.91 bits per heavy atom. The molecule has 4 rings (SSSR count). The molecule has 2 unspecified atom stereocenters. The van der Waals surface area contributed by atoms with Crippen LogP contribution in [0.15, 0.2) is 60.7 Å². The molecule has 1 heterocycles. The summed E-state index contributed by atoms with van der Waals surface area (Å²) < 4.78 is 0. The lowest BCUT2D eigenvalue weighted by Crippen LogP contribution is -2.31. The van der Waals surface area contributed by atoms with Gasteiger partial charge in [0.05, 0.1) is 0 Å². The second-order valence-corrected chi connectivity index (χ2v) is 7.05. The van der Waals surface area contributed by atoms with Crippen LogP contribution in [0.2, 0.25) is 0 Å². The fraction of sp³-hybridized carbons (Fsp3) is 0.263. The monoisotopic (exact) mass is 308 g/mol. The van der Waals surface area contributed by atoms with E-state index in [1.807, 2.05) is 60.7 Å². The van der Waals surface area contributed by atoms with E-state index in [0.29, 0.717) is 0 Å². The van der Waals surface area contributed by atoms with Gasteiger partial charge in [-0.05, 0) is 18.1 Å². The number of fused-ring (bicyclic) bond motifs is 1. The summed E-state index contributed by atoms with van der Waals surface area (Å²) in [5, 5.41) is 0.0395. The third kappa shape index (κ3) is 1.38. The summed E-state index contributed by atoms with van der Waals surface area (Å²) in [6.07, 6.45) is 0. The summed E-state index contributed by atoms with van der Waals surface area (Å²) in [6.45, 7) is 1.57. The smallest absolute Gasteiger partial charge is 0.204 e. The Balaban J connectivity index is 2.02. The van der Waals surface area contributed by atoms with Gasteiger partial charge in [-0.1, -0.05) is 72.4 Å². The minimum atomic E-state index is -0.875. The average molecular weight is 308 g/mol. The largest absolute Gasteiger partial charge is 0.299 e. The van der Waals surface area contributed by atoms with Gasteiger partial charge in [0.15, 0.2) is 0 Å². The number of hydrogen-bond donors (Lipinski definition) is 0. The molecule has 2 aliphatic rings. The lowest BCUT2D eigenvalue weighted by molar-refractivity contribution is -0.129. The van der Waals surface area contributed by atoms with Crippen LogP contribution in [-0.2, 0) is 15.0 Å². The zero-order valence-corrected chi connectivity index (χ0v) is 13.1. The molecule has 2 atom stereocenters. The van der Waals surface area contributed by atoms with Crippen molar-refractivity contribution >= 4 is 22.7 Å². The van der Waals surface area contributed by atoms with Crippen molar-refractivity contribution < 1.29 is 9.59 Å². The van der Waals surface area contributed by atoms with E-state index in [1.54, 1.807) is 6.92 Å². The second-order valence-electron chi connectivity index (χ2n) is 6.06. The quantitative estimate of drug-likeness (QED) is 0.815. The van der Waals surface area contributed by atoms with E-state index in [2.05, 4.69) is 0 Å². The van der Waals surface area contributed by atoms with Crippen molar-refractivity contribution in [2.24, 2.45) is 11.3 Å². The van der Waals surface area contributed by atoms with Gasteiger partial charge in [-0.2, -0.15) is 0 Å². The third-order valence-corrected chi connectivity index (χ3v) is 6.38. The van der Waals surface area contributed by atoms with Gasteiger partial charge >= 0.3 is 0 Å². The van der Waals surface area contributed by atoms with Crippen molar-refractivity contribution in [1.29, 1.82) is 0 Å². The van der Waals surface area contributed by atoms with Gasteiger partial charge in [-0.25, -0.2) is 0 Å². The van der Waals surface area contributed by atoms with Crippen molar-refractivity contribution in [2.45, 2.75) is 12.3 Å². The summed E-state index contributed by atoms with van der Waals surface area (Å²) in [7, 11) is 0. The van der Waals surface area contributed by atoms with Crippen LogP contribution in [0.1, 0.15) is 18.1 Å². The maximum Gasteiger partial charge on any atom is 0.204 e. The maximum absolute atomic E-state index is 12.7. The van der Waals surface area contributed by atoms with Gasteiger partial charge < -0.3 is 0 Å². The Labute approximate surface area is 133 Å². The molecule has 2 aromatic carbocycles. The summed E-state index contributed by atoms with van der Waals surface area (Å²) >= 11 is 1.31. The Kier molecular flexibility index (Phi) is 2.85. The molecule has 0 N–H and O–H groups in total. The molecule has 22 heavy (non-hydrogen) atoms. The van der Waals surface area contributed by atoms with E-state index in [1.165, 1.54) is 11.8 Å². The first kappa shape index (κ1) is 13.8. The molecule has 0 spiro atoms. The van der Waals surface area contributed by atoms with Gasteiger partial charge in [0, 0.05) is 17.1 Å². The molecule has 2 fully saturated rings. The maximum atomic E-state index is 12.7. The Bertz CT molecular complexity index is 714. The minimum absolute atomic E-state index is 0.000191. The van der Waals surface area contributed by atoms with Gasteiger partial charge in [0.2, 0.25) is 5.12 Å². The van der Waals surface area contributed by atoms with Crippen molar-refractivity contribution in [1.82, 2.24) is 0 Å². The van der Waals surface area contributed by atoms with Crippen LogP contribution in [0.25, 0.3) is 0 Å². The fourth-order valence-corrected chi connectivity index (χ4v) is 5.96. The van der Waals surface area contributed by atoms with Gasteiger partial charge in [-0.3, -0.25) is 9.59 Å². The number of carbonyl (C=O) groups is 2. The molecular formula is C19H16O2S. The molecule has 1 aliphatic carbocycles. The van der Waals surface area contributed by atoms with Crippen molar-refractivity contribution in [2.75, 3.05) is 5.75 Å². The third-order valence-electron chi connectivity index (χ3n) is 5.30. The van der Waals surface area contributed by atoms with Crippen LogP contribution in [-0.4, -0.2) is 16.7 Å². The van der Waals surface area contributed by atoms with E-state index < -0.39 is 10.8 Å². The number of Topliss-reactive ketones (excluding diaryl/α,β-unsaturated/α-hetero) is 1. The number of carbonyl (C=O) groups excluding carboxylic acids is 2. The molecule has 1 saturated heterocycles. The Hall–Kier alpha value is -1.87. The highest BCUT2D eigenvalue weighted by atomic mass is 32.2. The lowest BCUT2D eigenvalue weighted by Gasteiger charge is -2.25. The van der Waals surface area contributed by atoms with E-state index in [9.17, 15) is 9.59 Å². The van der Waals surface area contributed by atoms with Crippen molar-refractivity contribution in [3.63, 3.8) is 0 Å². The number of rotatable bonds is 3. The predicted octanol–water partition coefficient (Wildman–Crippen LogP) is 3.45. The Morgan fingerprint density at radius 2 is 1.50 bits per heavy atom. The first-order valence-corrected chi connectivity index (χ1v) is 8.44. The van der Waals surface area contributed by atoms with Crippen LogP contribution in [0.5, 0.6) is 0 Å². The average Bonchev–Trinajstić information content (AvgIpc) is 3.05. The molecule has 2 nitrogen and oxygen atoms in total. The SMILES string of the molecule is CC(=O)C12C(=O)SCC1C2(c1ccccc1)c1ccccc1. The molecule has 2 aromatic rings. The molecule has 0 bridgehead atoms. The van der Waals surface area contributed by atoms with E-state index in [4.69, 9.17) is 0 Å². The van der Waals surface area contributed by atoms with Crippen LogP contribution in [0, 0.1) is 11.3 Å². The van der Waals surface area contributed by atoms with Gasteiger partial charge in [-0.15, -0.1) is 0 Å². The zero-order chi connectivity index (χ0) is 15.4. The topological polar surface area (TPSA) is 34.1 Å². The minimum Gasteiger partial charge on any atom is -0.299 e. The first-order chi connectivity index (χ1) is 10.7. The highest BCUT2D eigenvalue weighted by Crippen LogP contribution is 2.78. The second kappa shape index (κ2) is 4.56. The van der Waals surface area contributed by atoms with Crippen molar-refractivity contribution in [3.05, 3.63) is 71.8 Å². The standard InChI is InChI=1S/C19H16O2S/c1-13(20)18-16(12-22-17(18)21)19(18,14-8-4-2-5-9-14)15-10-6-3-7-11-15/h2-11,16H,12H2,1H3. The van der Waals surface area contributed by atoms with Crippen LogP contribution >= 0.6 is 11.8 Å². The summed E-state index contributed by atoms with van der Waals surface area (Å²) in [6, 6.07) is 20.1. The van der Waals surface area contributed by atoms with Crippen LogP contribution in [0.3, 0.4) is 0 Å². The number of hydrogen-bond acceptors (Lipinski definition) is 3. The molecule has 1 saturated carbocycles. The first-order valence-electron chi connectivity index (χ1n) is 7.46. The highest BCUT2D eigenvalue weighted by molar-refractivity contribution is 8.14.